The molecule has 2 atom stereocenters. The Hall–Kier alpha value is -1.64. The van der Waals surface area contributed by atoms with Gasteiger partial charge in [-0.2, -0.15) is 0 Å². The fourth-order valence-corrected chi connectivity index (χ4v) is 3.42. The second-order valence-corrected chi connectivity index (χ2v) is 8.35. The Labute approximate surface area is 161 Å². The number of hydrogen-bond acceptors (Lipinski definition) is 7. The third-order valence-electron chi connectivity index (χ3n) is 5.54. The average Bonchev–Trinajstić information content (AvgIpc) is 2.80. The molecule has 2 aliphatic rings. The minimum absolute atomic E-state index is 0.0971. The summed E-state index contributed by atoms with van der Waals surface area (Å²) in [5.74, 6) is 0.216. The summed E-state index contributed by atoms with van der Waals surface area (Å²) in [7, 11) is 0.678. The summed E-state index contributed by atoms with van der Waals surface area (Å²) >= 11 is 0. The number of carbonyl (C=O) groups excluding carboxylic acids is 1. The van der Waals surface area contributed by atoms with E-state index in [0.29, 0.717) is 18.6 Å². The van der Waals surface area contributed by atoms with Gasteiger partial charge in [-0.25, -0.2) is 9.78 Å². The van der Waals surface area contributed by atoms with E-state index in [4.69, 9.17) is 18.8 Å². The number of nitrogens with zero attached hydrogens (tertiary/aromatic N) is 2. The van der Waals surface area contributed by atoms with Crippen LogP contribution < -0.4 is 10.4 Å². The zero-order chi connectivity index (χ0) is 20.0. The van der Waals surface area contributed by atoms with Crippen molar-refractivity contribution in [2.75, 3.05) is 25.1 Å². The zero-order valence-corrected chi connectivity index (χ0v) is 17.2. The minimum Gasteiger partial charge on any atom is -0.464 e. The molecule has 27 heavy (non-hydrogen) atoms. The standard InChI is InChI=1S/C19H29BN2O5/c1-12-10-22(11-13(2)25-12)15-9-8-14(16(21-15)17(23)24-7)20-26-18(3,4)19(5,6)27-20/h8-9,12-13H,10-11H2,1-7H3/t12-,13+. The molecule has 1 aromatic rings. The quantitative estimate of drug-likeness (QED) is 0.588. The van der Waals surface area contributed by atoms with Crippen LogP contribution in [0.5, 0.6) is 0 Å². The number of ether oxygens (including phenoxy) is 2. The molecular formula is C19H29BN2O5. The van der Waals surface area contributed by atoms with E-state index in [1.165, 1.54) is 7.11 Å². The second-order valence-electron chi connectivity index (χ2n) is 8.35. The van der Waals surface area contributed by atoms with Crippen LogP contribution in [0, 0.1) is 0 Å². The number of aromatic nitrogens is 1. The van der Waals surface area contributed by atoms with Crippen molar-refractivity contribution >= 4 is 24.4 Å². The van der Waals surface area contributed by atoms with Crippen molar-refractivity contribution in [3.05, 3.63) is 17.8 Å². The molecule has 1 aromatic heterocycles. The molecule has 8 heteroatoms. The van der Waals surface area contributed by atoms with Gasteiger partial charge in [0.1, 0.15) is 5.82 Å². The van der Waals surface area contributed by atoms with Crippen molar-refractivity contribution in [3.8, 4) is 0 Å². The molecule has 3 rings (SSSR count). The molecule has 0 amide bonds. The number of anilines is 1. The van der Waals surface area contributed by atoms with Crippen LogP contribution in [0.4, 0.5) is 5.82 Å². The Balaban J connectivity index is 1.95. The van der Waals surface area contributed by atoms with Gasteiger partial charge in [-0.3, -0.25) is 0 Å². The van der Waals surface area contributed by atoms with Crippen LogP contribution in [0.1, 0.15) is 52.0 Å². The van der Waals surface area contributed by atoms with Crippen LogP contribution in [-0.2, 0) is 18.8 Å². The summed E-state index contributed by atoms with van der Waals surface area (Å²) in [5.41, 5.74) is -0.198. The van der Waals surface area contributed by atoms with E-state index in [0.717, 1.165) is 5.82 Å². The lowest BCUT2D eigenvalue weighted by Crippen LogP contribution is -2.46. The maximum absolute atomic E-state index is 12.4. The maximum Gasteiger partial charge on any atom is 0.497 e. The molecule has 0 aliphatic carbocycles. The van der Waals surface area contributed by atoms with Gasteiger partial charge in [-0.1, -0.05) is 6.07 Å². The van der Waals surface area contributed by atoms with E-state index < -0.39 is 24.3 Å². The highest BCUT2D eigenvalue weighted by Gasteiger charge is 2.52. The van der Waals surface area contributed by atoms with Gasteiger partial charge < -0.3 is 23.7 Å². The number of morpholine rings is 1. The SMILES string of the molecule is COC(=O)c1nc(N2C[C@@H](C)O[C@@H](C)C2)ccc1B1OC(C)(C)C(C)(C)O1. The Morgan fingerprint density at radius 1 is 1.15 bits per heavy atom. The zero-order valence-electron chi connectivity index (χ0n) is 17.2. The van der Waals surface area contributed by atoms with Gasteiger partial charge in [0.25, 0.3) is 0 Å². The number of esters is 1. The molecule has 2 fully saturated rings. The molecule has 0 saturated carbocycles. The van der Waals surface area contributed by atoms with Gasteiger partial charge in [0.05, 0.1) is 30.5 Å². The van der Waals surface area contributed by atoms with E-state index in [-0.39, 0.29) is 17.9 Å². The summed E-state index contributed by atoms with van der Waals surface area (Å²) < 4.78 is 23.0. The number of carbonyl (C=O) groups is 1. The molecule has 148 valence electrons. The number of methoxy groups -OCH3 is 1. The van der Waals surface area contributed by atoms with Crippen LogP contribution in [0.2, 0.25) is 0 Å². The van der Waals surface area contributed by atoms with Crippen LogP contribution in [0.3, 0.4) is 0 Å². The monoisotopic (exact) mass is 376 g/mol. The molecule has 2 aliphatic heterocycles. The molecular weight excluding hydrogens is 347 g/mol. The highest BCUT2D eigenvalue weighted by Crippen LogP contribution is 2.36. The molecule has 0 aromatic carbocycles. The smallest absolute Gasteiger partial charge is 0.464 e. The van der Waals surface area contributed by atoms with Crippen molar-refractivity contribution in [1.29, 1.82) is 0 Å². The molecule has 2 saturated heterocycles. The number of hydrogen-bond donors (Lipinski definition) is 0. The van der Waals surface area contributed by atoms with Gasteiger partial charge in [0.15, 0.2) is 5.69 Å². The second kappa shape index (κ2) is 7.07. The van der Waals surface area contributed by atoms with Gasteiger partial charge >= 0.3 is 13.1 Å². The molecule has 0 N–H and O–H groups in total. The summed E-state index contributed by atoms with van der Waals surface area (Å²) in [6, 6.07) is 3.75. The number of rotatable bonds is 3. The van der Waals surface area contributed by atoms with Crippen molar-refractivity contribution in [2.45, 2.75) is 65.0 Å². The first-order valence-electron chi connectivity index (χ1n) is 9.39. The van der Waals surface area contributed by atoms with Crippen LogP contribution in [0.25, 0.3) is 0 Å². The molecule has 0 spiro atoms. The molecule has 0 radical (unpaired) electrons. The summed E-state index contributed by atoms with van der Waals surface area (Å²) in [6.45, 7) is 13.4. The maximum atomic E-state index is 12.4. The topological polar surface area (TPSA) is 70.1 Å². The predicted octanol–water partition coefficient (Wildman–Crippen LogP) is 1.78. The first-order valence-corrected chi connectivity index (χ1v) is 9.39. The molecule has 3 heterocycles. The Bertz CT molecular complexity index is 698. The van der Waals surface area contributed by atoms with Crippen molar-refractivity contribution in [3.63, 3.8) is 0 Å². The van der Waals surface area contributed by atoms with E-state index >= 15 is 0 Å². The predicted molar refractivity (Wildman–Crippen MR) is 104 cm³/mol. The lowest BCUT2D eigenvalue weighted by Gasteiger charge is -2.36. The normalized spacial score (nSPS) is 26.9. The van der Waals surface area contributed by atoms with Crippen molar-refractivity contribution in [1.82, 2.24) is 4.98 Å². The highest BCUT2D eigenvalue weighted by atomic mass is 16.7. The molecule has 7 nitrogen and oxygen atoms in total. The first kappa shape index (κ1) is 20.1. The van der Waals surface area contributed by atoms with Crippen LogP contribution >= 0.6 is 0 Å². The van der Waals surface area contributed by atoms with Crippen LogP contribution in [0.15, 0.2) is 12.1 Å². The van der Waals surface area contributed by atoms with E-state index in [1.807, 2.05) is 53.7 Å². The molecule has 0 unspecified atom stereocenters. The molecule has 0 bridgehead atoms. The van der Waals surface area contributed by atoms with Gasteiger partial charge in [0.2, 0.25) is 0 Å². The largest absolute Gasteiger partial charge is 0.497 e. The third kappa shape index (κ3) is 3.84. The summed E-state index contributed by atoms with van der Waals surface area (Å²) in [5, 5.41) is 0. The van der Waals surface area contributed by atoms with Crippen molar-refractivity contribution in [2.24, 2.45) is 0 Å². The third-order valence-corrected chi connectivity index (χ3v) is 5.54. The minimum atomic E-state index is -0.673. The fraction of sp³-hybridized carbons (Fsp3) is 0.684. The van der Waals surface area contributed by atoms with Crippen LogP contribution in [-0.4, -0.2) is 61.7 Å². The lowest BCUT2D eigenvalue weighted by molar-refractivity contribution is -0.00546. The summed E-state index contributed by atoms with van der Waals surface area (Å²) in [4.78, 5) is 19.2. The van der Waals surface area contributed by atoms with E-state index in [2.05, 4.69) is 9.88 Å². The Morgan fingerprint density at radius 3 is 2.22 bits per heavy atom. The lowest BCUT2D eigenvalue weighted by atomic mass is 9.77. The number of pyridine rings is 1. The Kier molecular flexibility index (Phi) is 5.27. The van der Waals surface area contributed by atoms with Gasteiger partial charge in [0, 0.05) is 18.6 Å². The van der Waals surface area contributed by atoms with Gasteiger partial charge in [-0.05, 0) is 47.6 Å². The fourth-order valence-electron chi connectivity index (χ4n) is 3.42. The average molecular weight is 376 g/mol. The summed E-state index contributed by atoms with van der Waals surface area (Å²) in [6.07, 6.45) is 0.194. The first-order chi connectivity index (χ1) is 12.5. The van der Waals surface area contributed by atoms with E-state index in [1.54, 1.807) is 0 Å². The van der Waals surface area contributed by atoms with E-state index in [9.17, 15) is 4.79 Å². The van der Waals surface area contributed by atoms with Gasteiger partial charge in [-0.15, -0.1) is 0 Å². The van der Waals surface area contributed by atoms with Crippen molar-refractivity contribution < 1.29 is 23.6 Å². The highest BCUT2D eigenvalue weighted by molar-refractivity contribution is 6.63. The Morgan fingerprint density at radius 2 is 1.70 bits per heavy atom.